The van der Waals surface area contributed by atoms with Crippen molar-refractivity contribution in [1.82, 2.24) is 9.78 Å². The van der Waals surface area contributed by atoms with Gasteiger partial charge in [0.05, 0.1) is 12.0 Å². The fourth-order valence-corrected chi connectivity index (χ4v) is 3.93. The van der Waals surface area contributed by atoms with Gasteiger partial charge in [-0.25, -0.2) is 12.8 Å². The van der Waals surface area contributed by atoms with E-state index in [-0.39, 0.29) is 34.0 Å². The first-order chi connectivity index (χ1) is 15.2. The minimum atomic E-state index is -5.95. The van der Waals surface area contributed by atoms with Gasteiger partial charge in [0.15, 0.2) is 21.4 Å². The predicted octanol–water partition coefficient (Wildman–Crippen LogP) is 5.44. The summed E-state index contributed by atoms with van der Waals surface area (Å²) in [5.41, 5.74) is -2.59. The van der Waals surface area contributed by atoms with Crippen LogP contribution in [0.2, 0.25) is 0 Å². The number of hydrogen-bond donors (Lipinski definition) is 0. The highest BCUT2D eigenvalue weighted by atomic mass is 32.2. The number of aryl methyl sites for hydroxylation is 1. The first kappa shape index (κ1) is 24.6. The molecule has 0 radical (unpaired) electrons. The predicted molar refractivity (Wildman–Crippen MR) is 108 cm³/mol. The van der Waals surface area contributed by atoms with Gasteiger partial charge in [-0.2, -0.15) is 27.1 Å². The molecular formula is C21H18F6N2O3S. The Kier molecular flexibility index (Phi) is 6.26. The van der Waals surface area contributed by atoms with Crippen molar-refractivity contribution in [2.45, 2.75) is 30.5 Å². The number of hydrogen-bond acceptors (Lipinski definition) is 4. The maximum atomic E-state index is 14.7. The summed E-state index contributed by atoms with van der Waals surface area (Å²) < 4.78 is 113. The number of ether oxygens (including phenoxy) is 1. The van der Waals surface area contributed by atoms with Crippen molar-refractivity contribution in [1.29, 1.82) is 0 Å². The molecule has 0 aliphatic carbocycles. The van der Waals surface area contributed by atoms with Gasteiger partial charge >= 0.3 is 12.1 Å². The second-order valence-electron chi connectivity index (χ2n) is 7.11. The molecule has 0 bridgehead atoms. The minimum absolute atomic E-state index is 0.0695. The van der Waals surface area contributed by atoms with Crippen LogP contribution < -0.4 is 4.74 Å². The molecule has 0 amide bonds. The monoisotopic (exact) mass is 492 g/mol. The van der Waals surface area contributed by atoms with Crippen molar-refractivity contribution in [3.05, 3.63) is 54.0 Å². The van der Waals surface area contributed by atoms with Crippen LogP contribution in [0.4, 0.5) is 26.3 Å². The van der Waals surface area contributed by atoms with Crippen molar-refractivity contribution >= 4 is 9.84 Å². The lowest BCUT2D eigenvalue weighted by Gasteiger charge is -2.22. The van der Waals surface area contributed by atoms with E-state index in [1.165, 1.54) is 38.3 Å². The molecule has 1 aromatic heterocycles. The molecule has 0 saturated heterocycles. The van der Waals surface area contributed by atoms with Crippen LogP contribution in [0, 0.1) is 5.82 Å². The number of nitrogens with zero attached hydrogens (tertiary/aromatic N) is 2. The molecule has 3 rings (SSSR count). The van der Waals surface area contributed by atoms with Crippen LogP contribution in [-0.4, -0.2) is 37.7 Å². The SMILES string of the molecule is CCn1nc(-c2ccc(S(C)(=O)=O)cc2)c(-c2ccc(OC)c(F)c2)c1C(F)(F)C(F)(F)F. The third-order valence-electron chi connectivity index (χ3n) is 4.90. The minimum Gasteiger partial charge on any atom is -0.494 e. The standard InChI is InChI=1S/C21H18F6N2O3S/c1-4-29-19(20(23,24)21(25,26)27)17(13-7-10-16(32-2)15(22)11-13)18(28-29)12-5-8-14(9-6-12)33(3,30)31/h5-11H,4H2,1-3H3. The fraction of sp³-hybridized carbons (Fsp3) is 0.286. The summed E-state index contributed by atoms with van der Waals surface area (Å²) in [4.78, 5) is -0.0842. The Bertz CT molecular complexity index is 1280. The maximum absolute atomic E-state index is 14.7. The van der Waals surface area contributed by atoms with Gasteiger partial charge in [0.25, 0.3) is 0 Å². The first-order valence-electron chi connectivity index (χ1n) is 9.42. The van der Waals surface area contributed by atoms with Crippen molar-refractivity contribution in [2.75, 3.05) is 13.4 Å². The van der Waals surface area contributed by atoms with E-state index in [0.29, 0.717) is 4.68 Å². The fourth-order valence-electron chi connectivity index (χ4n) is 3.30. The summed E-state index contributed by atoms with van der Waals surface area (Å²) >= 11 is 0. The molecule has 2 aromatic carbocycles. The number of halogens is 6. The smallest absolute Gasteiger partial charge is 0.459 e. The molecular weight excluding hydrogens is 474 g/mol. The largest absolute Gasteiger partial charge is 0.494 e. The van der Waals surface area contributed by atoms with Gasteiger partial charge in [-0.1, -0.05) is 18.2 Å². The van der Waals surface area contributed by atoms with E-state index in [0.717, 1.165) is 24.5 Å². The van der Waals surface area contributed by atoms with E-state index in [2.05, 4.69) is 5.10 Å². The Hall–Kier alpha value is -3.02. The van der Waals surface area contributed by atoms with Gasteiger partial charge in [-0.3, -0.25) is 4.68 Å². The average Bonchev–Trinajstić information content (AvgIpc) is 3.12. The third kappa shape index (κ3) is 4.43. The zero-order valence-electron chi connectivity index (χ0n) is 17.5. The van der Waals surface area contributed by atoms with E-state index in [1.807, 2.05) is 0 Å². The van der Waals surface area contributed by atoms with E-state index >= 15 is 0 Å². The van der Waals surface area contributed by atoms with Crippen LogP contribution >= 0.6 is 0 Å². The molecule has 0 fully saturated rings. The van der Waals surface area contributed by atoms with E-state index in [9.17, 15) is 34.8 Å². The normalized spacial score (nSPS) is 12.8. The Balaban J connectivity index is 2.38. The van der Waals surface area contributed by atoms with Crippen molar-refractivity contribution < 1.29 is 39.5 Å². The maximum Gasteiger partial charge on any atom is 0.459 e. The van der Waals surface area contributed by atoms with E-state index in [4.69, 9.17) is 4.74 Å². The van der Waals surface area contributed by atoms with Gasteiger partial charge in [-0.15, -0.1) is 0 Å². The Labute approximate surface area is 185 Å². The Morgan fingerprint density at radius 1 is 1.00 bits per heavy atom. The Morgan fingerprint density at radius 3 is 2.03 bits per heavy atom. The molecule has 0 atom stereocenters. The summed E-state index contributed by atoms with van der Waals surface area (Å²) in [6, 6.07) is 7.84. The van der Waals surface area contributed by atoms with Crippen molar-refractivity contribution in [3.63, 3.8) is 0 Å². The molecule has 0 aliphatic rings. The zero-order valence-corrected chi connectivity index (χ0v) is 18.4. The summed E-state index contributed by atoms with van der Waals surface area (Å²) in [5.74, 6) is -6.52. The average molecular weight is 492 g/mol. The van der Waals surface area contributed by atoms with E-state index in [1.54, 1.807) is 0 Å². The molecule has 5 nitrogen and oxygen atoms in total. The van der Waals surface area contributed by atoms with Gasteiger partial charge in [-0.05, 0) is 36.8 Å². The molecule has 0 spiro atoms. The lowest BCUT2D eigenvalue weighted by atomic mass is 9.96. The van der Waals surface area contributed by atoms with Crippen molar-refractivity contribution in [3.8, 4) is 28.1 Å². The number of sulfone groups is 1. The highest BCUT2D eigenvalue weighted by Crippen LogP contribution is 2.50. The van der Waals surface area contributed by atoms with Crippen LogP contribution in [-0.2, 0) is 22.3 Å². The van der Waals surface area contributed by atoms with Crippen molar-refractivity contribution in [2.24, 2.45) is 0 Å². The van der Waals surface area contributed by atoms with Gasteiger partial charge in [0.2, 0.25) is 0 Å². The van der Waals surface area contributed by atoms with Crippen LogP contribution in [0.3, 0.4) is 0 Å². The zero-order chi connectivity index (χ0) is 24.8. The van der Waals surface area contributed by atoms with Crippen LogP contribution in [0.15, 0.2) is 47.4 Å². The number of benzene rings is 2. The Morgan fingerprint density at radius 2 is 1.58 bits per heavy atom. The molecule has 178 valence electrons. The molecule has 3 aromatic rings. The number of methoxy groups -OCH3 is 1. The molecule has 0 aliphatic heterocycles. The number of aromatic nitrogens is 2. The molecule has 0 unspecified atom stereocenters. The lowest BCUT2D eigenvalue weighted by Crippen LogP contribution is -2.36. The molecule has 12 heteroatoms. The molecule has 1 heterocycles. The number of alkyl halides is 5. The third-order valence-corrected chi connectivity index (χ3v) is 6.03. The topological polar surface area (TPSA) is 61.2 Å². The van der Waals surface area contributed by atoms with Crippen LogP contribution in [0.5, 0.6) is 5.75 Å². The van der Waals surface area contributed by atoms with Crippen LogP contribution in [0.1, 0.15) is 12.6 Å². The summed E-state index contributed by atoms with van der Waals surface area (Å²) in [6.07, 6.45) is -4.99. The summed E-state index contributed by atoms with van der Waals surface area (Å²) in [5, 5.41) is 3.95. The second kappa shape index (κ2) is 8.40. The van der Waals surface area contributed by atoms with E-state index < -0.39 is 39.0 Å². The molecule has 0 saturated carbocycles. The highest BCUT2D eigenvalue weighted by Gasteiger charge is 2.62. The summed E-state index contributed by atoms with van der Waals surface area (Å²) in [6.45, 7) is 0.992. The van der Waals surface area contributed by atoms with Gasteiger partial charge in [0.1, 0.15) is 11.4 Å². The number of rotatable bonds is 6. The van der Waals surface area contributed by atoms with Gasteiger partial charge < -0.3 is 4.74 Å². The quantitative estimate of drug-likeness (QED) is 0.430. The first-order valence-corrected chi connectivity index (χ1v) is 11.3. The second-order valence-corrected chi connectivity index (χ2v) is 9.12. The summed E-state index contributed by atoms with van der Waals surface area (Å²) in [7, 11) is -2.41. The highest BCUT2D eigenvalue weighted by molar-refractivity contribution is 7.90. The molecule has 0 N–H and O–H groups in total. The molecule has 33 heavy (non-hydrogen) atoms. The van der Waals surface area contributed by atoms with Crippen LogP contribution in [0.25, 0.3) is 22.4 Å². The van der Waals surface area contributed by atoms with Gasteiger partial charge in [0, 0.05) is 23.9 Å². The lowest BCUT2D eigenvalue weighted by molar-refractivity contribution is -0.291.